The summed E-state index contributed by atoms with van der Waals surface area (Å²) in [7, 11) is 0. The lowest BCUT2D eigenvalue weighted by molar-refractivity contribution is 0.218. The van der Waals surface area contributed by atoms with Gasteiger partial charge in [0.15, 0.2) is 0 Å². The number of rotatable bonds is 4. The summed E-state index contributed by atoms with van der Waals surface area (Å²) in [6.07, 6.45) is 6.68. The van der Waals surface area contributed by atoms with Crippen molar-refractivity contribution in [1.29, 1.82) is 0 Å². The van der Waals surface area contributed by atoms with Crippen molar-refractivity contribution in [2.24, 2.45) is 10.7 Å². The fourth-order valence-corrected chi connectivity index (χ4v) is 3.23. The van der Waals surface area contributed by atoms with Crippen LogP contribution in [0.1, 0.15) is 32.1 Å². The minimum atomic E-state index is 0.0946. The van der Waals surface area contributed by atoms with Crippen LogP contribution in [-0.2, 0) is 4.74 Å². The van der Waals surface area contributed by atoms with Gasteiger partial charge in [-0.2, -0.15) is 0 Å². The van der Waals surface area contributed by atoms with Gasteiger partial charge in [0, 0.05) is 11.7 Å². The zero-order valence-corrected chi connectivity index (χ0v) is 11.9. The van der Waals surface area contributed by atoms with Crippen molar-refractivity contribution in [3.8, 4) is 0 Å². The monoisotopic (exact) mass is 273 g/mol. The maximum absolute atomic E-state index is 5.63. The minimum Gasteiger partial charge on any atom is -0.458 e. The Kier molecular flexibility index (Phi) is 4.09. The summed E-state index contributed by atoms with van der Waals surface area (Å²) in [5, 5.41) is 0. The van der Waals surface area contributed by atoms with Crippen molar-refractivity contribution >= 4 is 11.7 Å². The van der Waals surface area contributed by atoms with E-state index >= 15 is 0 Å². The lowest BCUT2D eigenvalue weighted by atomic mass is 9.93. The van der Waals surface area contributed by atoms with Gasteiger partial charge in [-0.1, -0.05) is 37.5 Å². The number of ether oxygens (including phenoxy) is 1. The number of anilines is 1. The van der Waals surface area contributed by atoms with Crippen LogP contribution in [0.2, 0.25) is 0 Å². The third-order valence-electron chi connectivity index (χ3n) is 4.24. The number of benzene rings is 1. The van der Waals surface area contributed by atoms with E-state index in [0.29, 0.717) is 18.6 Å². The summed E-state index contributed by atoms with van der Waals surface area (Å²) >= 11 is 0. The molecule has 1 heterocycles. The Morgan fingerprint density at radius 1 is 1.15 bits per heavy atom. The topological polar surface area (TPSA) is 50.8 Å². The van der Waals surface area contributed by atoms with Crippen LogP contribution >= 0.6 is 0 Å². The minimum absolute atomic E-state index is 0.0946. The van der Waals surface area contributed by atoms with Gasteiger partial charge in [-0.05, 0) is 25.0 Å². The summed E-state index contributed by atoms with van der Waals surface area (Å²) < 4.78 is 5.59. The normalized spacial score (nSPS) is 23.2. The summed E-state index contributed by atoms with van der Waals surface area (Å²) in [5.41, 5.74) is 6.91. The average Bonchev–Trinajstić information content (AvgIpc) is 2.92. The third kappa shape index (κ3) is 3.06. The van der Waals surface area contributed by atoms with Gasteiger partial charge in [-0.25, -0.2) is 4.99 Å². The van der Waals surface area contributed by atoms with Crippen LogP contribution in [0.3, 0.4) is 0 Å². The zero-order chi connectivity index (χ0) is 13.8. The fourth-order valence-electron chi connectivity index (χ4n) is 3.23. The van der Waals surface area contributed by atoms with Crippen LogP contribution in [0.15, 0.2) is 35.3 Å². The van der Waals surface area contributed by atoms with Crippen molar-refractivity contribution in [3.63, 3.8) is 0 Å². The molecule has 1 aromatic carbocycles. The Bertz CT molecular complexity index is 454. The first kappa shape index (κ1) is 13.3. The van der Waals surface area contributed by atoms with Gasteiger partial charge in [0.25, 0.3) is 6.02 Å². The van der Waals surface area contributed by atoms with E-state index in [-0.39, 0.29) is 6.10 Å². The highest BCUT2D eigenvalue weighted by atomic mass is 16.5. The Labute approximate surface area is 120 Å². The molecule has 0 bridgehead atoms. The summed E-state index contributed by atoms with van der Waals surface area (Å²) in [4.78, 5) is 6.65. The maximum Gasteiger partial charge on any atom is 0.282 e. The predicted molar refractivity (Wildman–Crippen MR) is 82.0 cm³/mol. The standard InChI is InChI=1S/C16H23N3O/c17-16-18-11-15(20-16)12-19(13-7-3-1-4-8-13)14-9-5-2-6-10-14/h1,3-4,7-8,14-15H,2,5-6,9-12H2,(H2,17,18). The molecule has 1 aliphatic carbocycles. The second-order valence-electron chi connectivity index (χ2n) is 5.70. The smallest absolute Gasteiger partial charge is 0.282 e. The van der Waals surface area contributed by atoms with Crippen LogP contribution in [-0.4, -0.2) is 31.3 Å². The maximum atomic E-state index is 5.63. The number of amidine groups is 1. The van der Waals surface area contributed by atoms with Crippen molar-refractivity contribution in [1.82, 2.24) is 0 Å². The fraction of sp³-hybridized carbons (Fsp3) is 0.562. The first-order chi connectivity index (χ1) is 9.83. The molecule has 1 unspecified atom stereocenters. The van der Waals surface area contributed by atoms with Gasteiger partial charge < -0.3 is 15.4 Å². The molecule has 3 rings (SSSR count). The molecule has 0 amide bonds. The van der Waals surface area contributed by atoms with Crippen LogP contribution in [0, 0.1) is 0 Å². The Balaban J connectivity index is 1.73. The van der Waals surface area contributed by atoms with Crippen molar-refractivity contribution in [3.05, 3.63) is 30.3 Å². The van der Waals surface area contributed by atoms with E-state index in [9.17, 15) is 0 Å². The summed E-state index contributed by atoms with van der Waals surface area (Å²) in [6.45, 7) is 1.56. The Morgan fingerprint density at radius 3 is 2.55 bits per heavy atom. The SMILES string of the molecule is NC1=NCC(CN(c2ccccc2)C2CCCCC2)O1. The van der Waals surface area contributed by atoms with E-state index in [1.165, 1.54) is 37.8 Å². The van der Waals surface area contributed by atoms with Crippen LogP contribution in [0.5, 0.6) is 0 Å². The highest BCUT2D eigenvalue weighted by Gasteiger charge is 2.27. The number of hydrogen-bond acceptors (Lipinski definition) is 4. The molecule has 0 radical (unpaired) electrons. The lowest BCUT2D eigenvalue weighted by Crippen LogP contribution is -2.43. The van der Waals surface area contributed by atoms with E-state index in [4.69, 9.17) is 10.5 Å². The van der Waals surface area contributed by atoms with Crippen LogP contribution in [0.4, 0.5) is 5.69 Å². The van der Waals surface area contributed by atoms with Crippen LogP contribution < -0.4 is 10.6 Å². The van der Waals surface area contributed by atoms with E-state index in [2.05, 4.69) is 40.2 Å². The molecule has 4 heteroatoms. The second-order valence-corrected chi connectivity index (χ2v) is 5.70. The molecule has 1 fully saturated rings. The molecule has 20 heavy (non-hydrogen) atoms. The lowest BCUT2D eigenvalue weighted by Gasteiger charge is -2.37. The van der Waals surface area contributed by atoms with E-state index < -0.39 is 0 Å². The number of nitrogens with two attached hydrogens (primary N) is 1. The van der Waals surface area contributed by atoms with Crippen molar-refractivity contribution < 1.29 is 4.74 Å². The molecular weight excluding hydrogens is 250 g/mol. The molecule has 1 aliphatic heterocycles. The highest BCUT2D eigenvalue weighted by molar-refractivity contribution is 5.73. The molecule has 108 valence electrons. The number of para-hydroxylation sites is 1. The molecule has 0 spiro atoms. The van der Waals surface area contributed by atoms with Gasteiger partial charge in [0.05, 0.1) is 13.1 Å². The van der Waals surface area contributed by atoms with Crippen LogP contribution in [0.25, 0.3) is 0 Å². The van der Waals surface area contributed by atoms with E-state index in [1.54, 1.807) is 0 Å². The first-order valence-corrected chi connectivity index (χ1v) is 7.61. The largest absolute Gasteiger partial charge is 0.458 e. The Hall–Kier alpha value is -1.71. The molecule has 0 saturated heterocycles. The predicted octanol–water partition coefficient (Wildman–Crippen LogP) is 2.54. The molecule has 2 N–H and O–H groups in total. The number of nitrogens with zero attached hydrogens (tertiary/aromatic N) is 2. The second kappa shape index (κ2) is 6.16. The number of hydrogen-bond donors (Lipinski definition) is 1. The number of aliphatic imine (C=N–C) groups is 1. The Morgan fingerprint density at radius 2 is 1.90 bits per heavy atom. The molecule has 1 atom stereocenters. The zero-order valence-electron chi connectivity index (χ0n) is 11.9. The molecule has 1 saturated carbocycles. The molecule has 2 aliphatic rings. The van der Waals surface area contributed by atoms with E-state index in [0.717, 1.165) is 6.54 Å². The van der Waals surface area contributed by atoms with E-state index in [1.807, 2.05) is 0 Å². The summed E-state index contributed by atoms with van der Waals surface area (Å²) in [5.74, 6) is 0. The molecular formula is C16H23N3O. The van der Waals surface area contributed by atoms with Gasteiger partial charge in [-0.3, -0.25) is 0 Å². The highest BCUT2D eigenvalue weighted by Crippen LogP contribution is 2.28. The van der Waals surface area contributed by atoms with Gasteiger partial charge in [0.2, 0.25) is 0 Å². The average molecular weight is 273 g/mol. The van der Waals surface area contributed by atoms with Gasteiger partial charge in [-0.15, -0.1) is 0 Å². The van der Waals surface area contributed by atoms with Crippen molar-refractivity contribution in [2.45, 2.75) is 44.2 Å². The first-order valence-electron chi connectivity index (χ1n) is 7.61. The quantitative estimate of drug-likeness (QED) is 0.917. The molecule has 1 aromatic rings. The van der Waals surface area contributed by atoms with Crippen molar-refractivity contribution in [2.75, 3.05) is 18.0 Å². The van der Waals surface area contributed by atoms with Gasteiger partial charge >= 0.3 is 0 Å². The molecule has 0 aromatic heterocycles. The summed E-state index contributed by atoms with van der Waals surface area (Å²) in [6, 6.07) is 11.6. The van der Waals surface area contributed by atoms with Gasteiger partial charge in [0.1, 0.15) is 6.10 Å². The third-order valence-corrected chi connectivity index (χ3v) is 4.24. The molecule has 4 nitrogen and oxygen atoms in total.